The summed E-state index contributed by atoms with van der Waals surface area (Å²) in [6.07, 6.45) is 1.58. The molecule has 0 aliphatic rings. The number of nitrogens with one attached hydrogen (secondary N) is 1. The summed E-state index contributed by atoms with van der Waals surface area (Å²) in [6, 6.07) is 6.43. The number of hydrogen-bond acceptors (Lipinski definition) is 4. The van der Waals surface area contributed by atoms with Gasteiger partial charge in [-0.15, -0.1) is 10.2 Å². The molecule has 7 heteroatoms. The van der Waals surface area contributed by atoms with Gasteiger partial charge in [0, 0.05) is 10.7 Å². The van der Waals surface area contributed by atoms with Crippen molar-refractivity contribution in [3.8, 4) is 0 Å². The van der Waals surface area contributed by atoms with Gasteiger partial charge in [0.15, 0.2) is 10.8 Å². The summed E-state index contributed by atoms with van der Waals surface area (Å²) in [7, 11) is 0. The summed E-state index contributed by atoms with van der Waals surface area (Å²) < 4.78 is 0.824. The van der Waals surface area contributed by atoms with Crippen molar-refractivity contribution in [2.75, 3.05) is 5.32 Å². The van der Waals surface area contributed by atoms with Crippen LogP contribution in [0.5, 0.6) is 0 Å². The first-order valence-electron chi connectivity index (χ1n) is 4.57. The van der Waals surface area contributed by atoms with Crippen LogP contribution in [0.25, 0.3) is 0 Å². The molecule has 0 saturated heterocycles. The van der Waals surface area contributed by atoms with Crippen molar-refractivity contribution in [2.45, 2.75) is 0 Å². The molecular weight excluding hydrogens is 307 g/mol. The van der Waals surface area contributed by atoms with Crippen LogP contribution in [-0.2, 0) is 0 Å². The molecule has 2 aromatic rings. The van der Waals surface area contributed by atoms with E-state index in [4.69, 9.17) is 11.6 Å². The van der Waals surface area contributed by atoms with Crippen LogP contribution in [0.3, 0.4) is 0 Å². The topological polar surface area (TPSA) is 67.8 Å². The third-order valence-corrected chi connectivity index (χ3v) is 2.52. The lowest BCUT2D eigenvalue weighted by molar-refractivity contribution is 0.102. The molecule has 2 aromatic heterocycles. The first-order chi connectivity index (χ1) is 8.15. The molecule has 2 heterocycles. The molecular formula is C10H6BrClN4O. The average molecular weight is 314 g/mol. The Labute approximate surface area is 110 Å². The number of halogens is 2. The Morgan fingerprint density at radius 3 is 2.76 bits per heavy atom. The number of pyridine rings is 1. The number of hydrogen-bond donors (Lipinski definition) is 1. The molecule has 1 N–H and O–H groups in total. The fraction of sp³-hybridized carbons (Fsp3) is 0. The number of aromatic nitrogens is 3. The Hall–Kier alpha value is -1.53. The quantitative estimate of drug-likeness (QED) is 0.925. The zero-order valence-corrected chi connectivity index (χ0v) is 10.7. The molecule has 86 valence electrons. The average Bonchev–Trinajstić information content (AvgIpc) is 2.29. The number of anilines is 1. The fourth-order valence-corrected chi connectivity index (χ4v) is 1.53. The molecule has 5 nitrogen and oxygen atoms in total. The van der Waals surface area contributed by atoms with Crippen LogP contribution in [0.1, 0.15) is 10.5 Å². The first kappa shape index (κ1) is 11.9. The molecule has 0 spiro atoms. The van der Waals surface area contributed by atoms with Gasteiger partial charge in [-0.05, 0) is 24.3 Å². The van der Waals surface area contributed by atoms with Crippen molar-refractivity contribution < 1.29 is 4.79 Å². The van der Waals surface area contributed by atoms with Gasteiger partial charge < -0.3 is 5.32 Å². The molecule has 1 amide bonds. The highest BCUT2D eigenvalue weighted by Gasteiger charge is 2.08. The van der Waals surface area contributed by atoms with Crippen molar-refractivity contribution in [3.63, 3.8) is 0 Å². The van der Waals surface area contributed by atoms with Crippen molar-refractivity contribution >= 4 is 39.3 Å². The van der Waals surface area contributed by atoms with E-state index in [0.29, 0.717) is 5.82 Å². The normalized spacial score (nSPS) is 10.0. The van der Waals surface area contributed by atoms with E-state index in [1.165, 1.54) is 12.1 Å². The maximum absolute atomic E-state index is 11.7. The molecule has 0 aromatic carbocycles. The lowest BCUT2D eigenvalue weighted by Gasteiger charge is -2.03. The summed E-state index contributed by atoms with van der Waals surface area (Å²) in [6.45, 7) is 0. The van der Waals surface area contributed by atoms with E-state index in [2.05, 4.69) is 36.4 Å². The summed E-state index contributed by atoms with van der Waals surface area (Å²) >= 11 is 8.85. The molecule has 0 radical (unpaired) electrons. The van der Waals surface area contributed by atoms with Crippen molar-refractivity contribution in [2.24, 2.45) is 0 Å². The van der Waals surface area contributed by atoms with Gasteiger partial charge in [-0.1, -0.05) is 27.5 Å². The second-order valence-electron chi connectivity index (χ2n) is 3.05. The van der Waals surface area contributed by atoms with Crippen molar-refractivity contribution in [3.05, 3.63) is 45.8 Å². The van der Waals surface area contributed by atoms with E-state index in [1.54, 1.807) is 18.3 Å². The Morgan fingerprint density at radius 2 is 2.12 bits per heavy atom. The van der Waals surface area contributed by atoms with Gasteiger partial charge in [0.2, 0.25) is 0 Å². The second-order valence-corrected chi connectivity index (χ2v) is 4.36. The van der Waals surface area contributed by atoms with Crippen LogP contribution >= 0.6 is 27.5 Å². The summed E-state index contributed by atoms with van der Waals surface area (Å²) in [4.78, 5) is 15.7. The van der Waals surface area contributed by atoms with Gasteiger partial charge in [-0.3, -0.25) is 4.79 Å². The molecule has 0 fully saturated rings. The summed E-state index contributed by atoms with van der Waals surface area (Å²) in [5.41, 5.74) is 0.177. The van der Waals surface area contributed by atoms with Crippen LogP contribution in [-0.4, -0.2) is 21.1 Å². The highest BCUT2D eigenvalue weighted by atomic mass is 79.9. The monoisotopic (exact) mass is 312 g/mol. The zero-order valence-electron chi connectivity index (χ0n) is 8.39. The number of rotatable bonds is 2. The molecule has 0 saturated carbocycles. The van der Waals surface area contributed by atoms with E-state index in [9.17, 15) is 4.79 Å². The molecule has 0 atom stereocenters. The van der Waals surface area contributed by atoms with Crippen LogP contribution in [0.4, 0.5) is 5.82 Å². The minimum Gasteiger partial charge on any atom is -0.305 e. The lowest BCUT2D eigenvalue weighted by atomic mass is 10.3. The second kappa shape index (κ2) is 5.20. The van der Waals surface area contributed by atoms with E-state index >= 15 is 0 Å². The van der Waals surface area contributed by atoms with E-state index in [0.717, 1.165) is 4.47 Å². The third kappa shape index (κ3) is 3.21. The van der Waals surface area contributed by atoms with Crippen LogP contribution in [0.15, 0.2) is 34.9 Å². The van der Waals surface area contributed by atoms with Gasteiger partial charge in [0.1, 0.15) is 5.82 Å². The van der Waals surface area contributed by atoms with Gasteiger partial charge in [0.05, 0.1) is 0 Å². The van der Waals surface area contributed by atoms with Gasteiger partial charge >= 0.3 is 0 Å². The standard InChI is InChI=1S/C10H6BrClN4O/c11-6-3-4-13-9(5-6)14-10(17)7-1-2-8(12)16-15-7/h1-5H,(H,13,14,17). The largest absolute Gasteiger partial charge is 0.305 e. The Morgan fingerprint density at radius 1 is 1.29 bits per heavy atom. The first-order valence-corrected chi connectivity index (χ1v) is 5.74. The Kier molecular flexibility index (Phi) is 3.65. The summed E-state index contributed by atoms with van der Waals surface area (Å²) in [5.74, 6) is 0.0425. The van der Waals surface area contributed by atoms with E-state index in [1.807, 2.05) is 0 Å². The van der Waals surface area contributed by atoms with E-state index < -0.39 is 0 Å². The maximum Gasteiger partial charge on any atom is 0.277 e. The van der Waals surface area contributed by atoms with Gasteiger partial charge in [-0.2, -0.15) is 0 Å². The fourth-order valence-electron chi connectivity index (χ4n) is 1.09. The van der Waals surface area contributed by atoms with Crippen LogP contribution in [0.2, 0.25) is 5.15 Å². The highest BCUT2D eigenvalue weighted by Crippen LogP contribution is 2.13. The lowest BCUT2D eigenvalue weighted by Crippen LogP contribution is -2.15. The maximum atomic E-state index is 11.7. The molecule has 2 rings (SSSR count). The number of nitrogens with zero attached hydrogens (tertiary/aromatic N) is 3. The number of amides is 1. The molecule has 0 bridgehead atoms. The minimum atomic E-state index is -0.389. The third-order valence-electron chi connectivity index (χ3n) is 1.83. The predicted molar refractivity (Wildman–Crippen MR) is 66.9 cm³/mol. The van der Waals surface area contributed by atoms with Gasteiger partial charge in [-0.25, -0.2) is 4.98 Å². The SMILES string of the molecule is O=C(Nc1cc(Br)ccn1)c1ccc(Cl)nn1. The molecule has 0 unspecified atom stereocenters. The van der Waals surface area contributed by atoms with Crippen molar-refractivity contribution in [1.29, 1.82) is 0 Å². The molecule has 17 heavy (non-hydrogen) atoms. The van der Waals surface area contributed by atoms with Crippen LogP contribution < -0.4 is 5.32 Å². The molecule has 0 aliphatic carbocycles. The van der Waals surface area contributed by atoms with Gasteiger partial charge in [0.25, 0.3) is 5.91 Å². The Bertz CT molecular complexity index is 546. The zero-order chi connectivity index (χ0) is 12.3. The van der Waals surface area contributed by atoms with Crippen molar-refractivity contribution in [1.82, 2.24) is 15.2 Å². The summed E-state index contributed by atoms with van der Waals surface area (Å²) in [5, 5.41) is 10.1. The number of carbonyl (C=O) groups excluding carboxylic acids is 1. The minimum absolute atomic E-state index is 0.177. The predicted octanol–water partition coefficient (Wildman–Crippen LogP) is 2.54. The highest BCUT2D eigenvalue weighted by molar-refractivity contribution is 9.10. The van der Waals surface area contributed by atoms with Crippen LogP contribution in [0, 0.1) is 0 Å². The Balaban J connectivity index is 2.14. The number of carbonyl (C=O) groups is 1. The smallest absolute Gasteiger partial charge is 0.277 e. The molecule has 0 aliphatic heterocycles. The van der Waals surface area contributed by atoms with E-state index in [-0.39, 0.29) is 16.8 Å².